The minimum Gasteiger partial charge on any atom is -0.267 e. The minimum atomic E-state index is -5.00. The summed E-state index contributed by atoms with van der Waals surface area (Å²) in [4.78, 5) is 12.2. The van der Waals surface area contributed by atoms with Crippen molar-refractivity contribution < 1.29 is 31.1 Å². The quantitative estimate of drug-likeness (QED) is 0.274. The first-order chi connectivity index (χ1) is 15.0. The van der Waals surface area contributed by atoms with Crippen LogP contribution in [-0.2, 0) is 0 Å². The van der Waals surface area contributed by atoms with Crippen LogP contribution in [0.3, 0.4) is 0 Å². The number of fused-ring (bicyclic) bond motifs is 12. The number of halogens is 7. The van der Waals surface area contributed by atoms with Gasteiger partial charge in [-0.1, -0.05) is 11.6 Å². The van der Waals surface area contributed by atoms with Gasteiger partial charge < -0.3 is 0 Å². The summed E-state index contributed by atoms with van der Waals surface area (Å²) < 4.78 is 87.3. The molecule has 5 fully saturated rings. The average Bonchev–Trinajstić information content (AvgIpc) is 3.47. The van der Waals surface area contributed by atoms with Crippen molar-refractivity contribution in [1.82, 2.24) is 5.43 Å². The lowest BCUT2D eigenvalue weighted by Crippen LogP contribution is -2.89. The fourth-order valence-electron chi connectivity index (χ4n) is 7.99. The molecular formula is C22H19ClF6N2O. The number of amides is 1. The predicted molar refractivity (Wildman–Crippen MR) is 103 cm³/mol. The van der Waals surface area contributed by atoms with E-state index in [2.05, 4.69) is 10.5 Å². The molecule has 0 aliphatic heterocycles. The first kappa shape index (κ1) is 20.8. The Balaban J connectivity index is 1.20. The first-order valence-corrected chi connectivity index (χ1v) is 11.1. The topological polar surface area (TPSA) is 41.5 Å². The van der Waals surface area contributed by atoms with Crippen molar-refractivity contribution in [3.8, 4) is 0 Å². The summed E-state index contributed by atoms with van der Waals surface area (Å²) in [6.07, 6.45) is 2.33. The van der Waals surface area contributed by atoms with Crippen molar-refractivity contribution in [2.24, 2.45) is 46.5 Å². The van der Waals surface area contributed by atoms with Gasteiger partial charge in [0.2, 0.25) is 11.3 Å². The van der Waals surface area contributed by atoms with Gasteiger partial charge in [0.1, 0.15) is 0 Å². The number of nitrogens with one attached hydrogen (secondary N) is 1. The monoisotopic (exact) mass is 476 g/mol. The first-order valence-electron chi connectivity index (χ1n) is 10.7. The molecule has 0 spiro atoms. The van der Waals surface area contributed by atoms with Crippen molar-refractivity contribution in [3.63, 3.8) is 0 Å². The van der Waals surface area contributed by atoms with E-state index in [0.717, 1.165) is 0 Å². The van der Waals surface area contributed by atoms with E-state index in [4.69, 9.17) is 11.6 Å². The third-order valence-corrected chi connectivity index (χ3v) is 9.27. The van der Waals surface area contributed by atoms with Crippen LogP contribution >= 0.6 is 11.6 Å². The summed E-state index contributed by atoms with van der Waals surface area (Å²) in [5.41, 5.74) is -4.85. The molecule has 4 bridgehead atoms. The van der Waals surface area contributed by atoms with Gasteiger partial charge in [-0.3, -0.25) is 4.79 Å². The van der Waals surface area contributed by atoms with E-state index in [1.807, 2.05) is 0 Å². The Labute approximate surface area is 184 Å². The molecule has 1 aromatic carbocycles. The largest absolute Gasteiger partial charge is 0.350 e. The second-order valence-electron chi connectivity index (χ2n) is 9.96. The Morgan fingerprint density at radius 3 is 2.16 bits per heavy atom. The van der Waals surface area contributed by atoms with Gasteiger partial charge in [0.15, 0.2) is 0 Å². The Kier molecular flexibility index (Phi) is 3.91. The number of hydrogen-bond acceptors (Lipinski definition) is 2. The molecule has 0 radical (unpaired) electrons. The number of rotatable bonds is 3. The third-order valence-electron chi connectivity index (χ3n) is 9.02. The predicted octanol–water partition coefficient (Wildman–Crippen LogP) is 5.29. The molecule has 9 unspecified atom stereocenters. The highest BCUT2D eigenvalue weighted by atomic mass is 35.5. The van der Waals surface area contributed by atoms with E-state index in [-0.39, 0.29) is 24.2 Å². The number of nitrogens with zero attached hydrogens (tertiary/aromatic N) is 1. The van der Waals surface area contributed by atoms with Gasteiger partial charge >= 0.3 is 11.8 Å². The lowest BCUT2D eigenvalue weighted by atomic mass is 9.48. The van der Waals surface area contributed by atoms with Gasteiger partial charge in [-0.2, -0.15) is 22.7 Å². The number of carbonyl (C=O) groups excluding carboxylic acids is 1. The molecule has 0 saturated heterocycles. The van der Waals surface area contributed by atoms with Crippen molar-refractivity contribution in [3.05, 3.63) is 34.9 Å². The molecule has 9 atom stereocenters. The Morgan fingerprint density at radius 2 is 1.53 bits per heavy atom. The maximum Gasteiger partial charge on any atom is 0.350 e. The SMILES string of the molecule is O=C(NN=CC1CC2CC1C1C2C2CC1C1(F)C(F)(F)C(F)(F)C21F)c1ccc(Cl)cc1. The van der Waals surface area contributed by atoms with Crippen molar-refractivity contribution in [2.45, 2.75) is 42.4 Å². The molecular weight excluding hydrogens is 458 g/mol. The van der Waals surface area contributed by atoms with Crippen molar-refractivity contribution >= 4 is 23.7 Å². The van der Waals surface area contributed by atoms with E-state index in [1.54, 1.807) is 12.1 Å². The van der Waals surface area contributed by atoms with Gasteiger partial charge in [0.25, 0.3) is 5.91 Å². The van der Waals surface area contributed by atoms with Gasteiger partial charge in [-0.15, -0.1) is 0 Å². The van der Waals surface area contributed by atoms with Crippen LogP contribution in [0.15, 0.2) is 29.4 Å². The van der Waals surface area contributed by atoms with Crippen LogP contribution in [0.4, 0.5) is 26.3 Å². The fourth-order valence-corrected chi connectivity index (χ4v) is 8.12. The lowest BCUT2D eigenvalue weighted by molar-refractivity contribution is -0.456. The number of hydrazone groups is 1. The summed E-state index contributed by atoms with van der Waals surface area (Å²) in [7, 11) is 0. The summed E-state index contributed by atoms with van der Waals surface area (Å²) >= 11 is 5.79. The number of hydrogen-bond donors (Lipinski definition) is 1. The molecule has 172 valence electrons. The number of alkyl halides is 6. The molecule has 3 nitrogen and oxygen atoms in total. The standard InChI is InChI=1S/C22H19ClF6N2O/c23-12-3-1-9(2-4-12)18(32)31-30-8-11-5-10-6-13(11)17-15-7-14(16(10)17)19(24)20(15,25)22(28,29)21(19,26)27/h1-4,8,10-11,13-17H,5-7H2,(H,31,32). The zero-order valence-corrected chi connectivity index (χ0v) is 17.3. The fraction of sp³-hybridized carbons (Fsp3) is 0.636. The second kappa shape index (κ2) is 6.02. The van der Waals surface area contributed by atoms with Crippen LogP contribution in [0.5, 0.6) is 0 Å². The summed E-state index contributed by atoms with van der Waals surface area (Å²) in [6.45, 7) is 0. The molecule has 0 heterocycles. The van der Waals surface area contributed by atoms with E-state index < -0.39 is 52.8 Å². The molecule has 6 rings (SSSR count). The Hall–Kier alpha value is -1.77. The van der Waals surface area contributed by atoms with Crippen LogP contribution in [0.1, 0.15) is 29.6 Å². The third kappa shape index (κ3) is 2.00. The Morgan fingerprint density at radius 1 is 0.938 bits per heavy atom. The van der Waals surface area contributed by atoms with Gasteiger partial charge in [-0.25, -0.2) is 14.2 Å². The highest BCUT2D eigenvalue weighted by Gasteiger charge is 3.05. The lowest BCUT2D eigenvalue weighted by Gasteiger charge is -2.63. The molecule has 0 aromatic heterocycles. The molecule has 32 heavy (non-hydrogen) atoms. The molecule has 10 heteroatoms. The minimum absolute atomic E-state index is 0.134. The van der Waals surface area contributed by atoms with Crippen LogP contribution in [0.2, 0.25) is 5.02 Å². The number of benzene rings is 1. The van der Waals surface area contributed by atoms with Crippen LogP contribution in [0.25, 0.3) is 0 Å². The molecule has 5 aliphatic rings. The van der Waals surface area contributed by atoms with Gasteiger partial charge in [-0.05, 0) is 73.1 Å². The molecule has 1 aromatic rings. The average molecular weight is 477 g/mol. The van der Waals surface area contributed by atoms with E-state index in [9.17, 15) is 22.4 Å². The second-order valence-corrected chi connectivity index (χ2v) is 10.4. The molecule has 1 N–H and O–H groups in total. The van der Waals surface area contributed by atoms with Crippen LogP contribution < -0.4 is 5.43 Å². The summed E-state index contributed by atoms with van der Waals surface area (Å²) in [6, 6.07) is 6.18. The number of carbonyl (C=O) groups is 1. The van der Waals surface area contributed by atoms with Crippen molar-refractivity contribution in [2.75, 3.05) is 0 Å². The van der Waals surface area contributed by atoms with E-state index >= 15 is 8.78 Å². The van der Waals surface area contributed by atoms with E-state index in [1.165, 1.54) is 18.3 Å². The normalized spacial score (nSPS) is 48.5. The Bertz CT molecular complexity index is 1030. The van der Waals surface area contributed by atoms with Crippen LogP contribution in [0, 0.1) is 41.4 Å². The maximum absolute atomic E-state index is 15.4. The zero-order valence-electron chi connectivity index (χ0n) is 16.6. The zero-order chi connectivity index (χ0) is 22.8. The van der Waals surface area contributed by atoms with Gasteiger partial charge in [0, 0.05) is 28.6 Å². The molecule has 1 amide bonds. The highest BCUT2D eigenvalue weighted by molar-refractivity contribution is 6.30. The molecule has 5 aliphatic carbocycles. The van der Waals surface area contributed by atoms with Crippen molar-refractivity contribution in [1.29, 1.82) is 0 Å². The smallest absolute Gasteiger partial charge is 0.267 e. The highest BCUT2D eigenvalue weighted by Crippen LogP contribution is 2.85. The van der Waals surface area contributed by atoms with E-state index in [0.29, 0.717) is 23.4 Å². The maximum atomic E-state index is 15.4. The molecule has 5 saturated carbocycles. The summed E-state index contributed by atoms with van der Waals surface area (Å²) in [5, 5.41) is 4.46. The van der Waals surface area contributed by atoms with Crippen LogP contribution in [-0.4, -0.2) is 35.3 Å². The van der Waals surface area contributed by atoms with Gasteiger partial charge in [0.05, 0.1) is 0 Å². The summed E-state index contributed by atoms with van der Waals surface area (Å²) in [5.74, 6) is -14.9.